The number of halogens is 3. The van der Waals surface area contributed by atoms with Crippen LogP contribution in [0.25, 0.3) is 0 Å². The standard InChI is InChI=1S/C29H34N4O5.C2HF3O2/c1-5-36-26-16-22(11-14-25(26)37-18(2)3)27(38-24-12-9-21(10-13-24)28(30)31)29(35)32-17-20-7-6-8-23(15-20)33-19(4)34;3-2(4,5)1(6)7/h6-16,18,27H,5,17H2,1-4H3,(H3,30,31)(H,32,35)(H,33,34);(H,6,7). The van der Waals surface area contributed by atoms with Crippen molar-refractivity contribution in [2.24, 2.45) is 5.73 Å². The number of alkyl halides is 3. The summed E-state index contributed by atoms with van der Waals surface area (Å²) in [6, 6.07) is 19.1. The number of amides is 2. The third kappa shape index (κ3) is 12.1. The molecule has 14 heteroatoms. The largest absolute Gasteiger partial charge is 0.490 e. The third-order valence-electron chi connectivity index (χ3n) is 5.55. The Balaban J connectivity index is 0.000000900. The number of nitrogen functional groups attached to an aromatic ring is 1. The summed E-state index contributed by atoms with van der Waals surface area (Å²) in [5.41, 5.74) is 8.13. The van der Waals surface area contributed by atoms with Crippen molar-refractivity contribution >= 4 is 29.3 Å². The highest BCUT2D eigenvalue weighted by molar-refractivity contribution is 5.95. The van der Waals surface area contributed by atoms with E-state index < -0.39 is 18.2 Å². The molecule has 0 aromatic heterocycles. The highest BCUT2D eigenvalue weighted by atomic mass is 19.4. The zero-order chi connectivity index (χ0) is 33.7. The molecule has 11 nitrogen and oxygen atoms in total. The highest BCUT2D eigenvalue weighted by Gasteiger charge is 2.38. The quantitative estimate of drug-likeness (QED) is 0.134. The summed E-state index contributed by atoms with van der Waals surface area (Å²) in [7, 11) is 0. The average Bonchev–Trinajstić information content (AvgIpc) is 2.95. The molecular weight excluding hydrogens is 597 g/mol. The van der Waals surface area contributed by atoms with E-state index in [1.807, 2.05) is 26.8 Å². The molecular formula is C31H35F3N4O7. The third-order valence-corrected chi connectivity index (χ3v) is 5.55. The van der Waals surface area contributed by atoms with Crippen molar-refractivity contribution in [1.29, 1.82) is 5.41 Å². The van der Waals surface area contributed by atoms with Crippen LogP contribution in [0.1, 0.15) is 50.5 Å². The smallest absolute Gasteiger partial charge is 0.490 e. The second kappa shape index (κ2) is 16.5. The molecule has 0 spiro atoms. The van der Waals surface area contributed by atoms with Crippen LogP contribution in [0.5, 0.6) is 17.2 Å². The zero-order valence-corrected chi connectivity index (χ0v) is 25.0. The lowest BCUT2D eigenvalue weighted by Crippen LogP contribution is -2.32. The number of ether oxygens (including phenoxy) is 3. The summed E-state index contributed by atoms with van der Waals surface area (Å²) < 4.78 is 49.5. The average molecular weight is 633 g/mol. The molecule has 0 aliphatic heterocycles. The van der Waals surface area contributed by atoms with Gasteiger partial charge in [-0.25, -0.2) is 4.79 Å². The van der Waals surface area contributed by atoms with Crippen molar-refractivity contribution in [3.8, 4) is 17.2 Å². The van der Waals surface area contributed by atoms with Crippen LogP contribution in [0.4, 0.5) is 18.9 Å². The summed E-state index contributed by atoms with van der Waals surface area (Å²) in [5.74, 6) is -1.85. The molecule has 0 fully saturated rings. The van der Waals surface area contributed by atoms with E-state index in [2.05, 4.69) is 10.6 Å². The Bertz CT molecular complexity index is 1480. The number of carboxylic acids is 1. The van der Waals surface area contributed by atoms with Gasteiger partial charge in [-0.2, -0.15) is 13.2 Å². The molecule has 0 saturated heterocycles. The van der Waals surface area contributed by atoms with E-state index in [1.165, 1.54) is 6.92 Å². The van der Waals surface area contributed by atoms with Crippen molar-refractivity contribution in [1.82, 2.24) is 5.32 Å². The number of aliphatic carboxylic acids is 1. The molecule has 0 bridgehead atoms. The van der Waals surface area contributed by atoms with E-state index in [9.17, 15) is 22.8 Å². The lowest BCUT2D eigenvalue weighted by atomic mass is 10.1. The molecule has 2 amide bonds. The molecule has 3 aromatic carbocycles. The molecule has 0 aliphatic rings. The summed E-state index contributed by atoms with van der Waals surface area (Å²) in [5, 5.41) is 20.4. The van der Waals surface area contributed by atoms with Gasteiger partial charge in [-0.15, -0.1) is 0 Å². The first-order valence-corrected chi connectivity index (χ1v) is 13.6. The number of carboxylic acid groups (broad SMARTS) is 1. The maximum absolute atomic E-state index is 13.5. The minimum Gasteiger partial charge on any atom is -0.490 e. The first-order valence-electron chi connectivity index (χ1n) is 13.6. The number of carbonyl (C=O) groups excluding carboxylic acids is 2. The number of nitrogens with one attached hydrogen (secondary N) is 3. The first-order chi connectivity index (χ1) is 21.1. The number of amidine groups is 1. The maximum Gasteiger partial charge on any atom is 0.490 e. The fourth-order valence-corrected chi connectivity index (χ4v) is 3.67. The Kier molecular flexibility index (Phi) is 13.2. The number of rotatable bonds is 12. The Morgan fingerprint density at radius 1 is 0.978 bits per heavy atom. The van der Waals surface area contributed by atoms with Gasteiger partial charge in [0.2, 0.25) is 12.0 Å². The summed E-state index contributed by atoms with van der Waals surface area (Å²) in [6.07, 6.45) is -6.15. The molecule has 242 valence electrons. The summed E-state index contributed by atoms with van der Waals surface area (Å²) in [6.45, 7) is 7.81. The van der Waals surface area contributed by atoms with Crippen molar-refractivity contribution in [2.45, 2.75) is 52.6 Å². The van der Waals surface area contributed by atoms with Gasteiger partial charge in [-0.05, 0) is 74.9 Å². The molecule has 1 unspecified atom stereocenters. The van der Waals surface area contributed by atoms with Crippen molar-refractivity contribution in [3.63, 3.8) is 0 Å². The molecule has 0 aliphatic carbocycles. The number of nitrogens with two attached hydrogens (primary N) is 1. The predicted molar refractivity (Wildman–Crippen MR) is 160 cm³/mol. The molecule has 0 radical (unpaired) electrons. The van der Waals surface area contributed by atoms with E-state index in [-0.39, 0.29) is 30.3 Å². The topological polar surface area (TPSA) is 173 Å². The van der Waals surface area contributed by atoms with Gasteiger partial charge in [0.1, 0.15) is 11.6 Å². The van der Waals surface area contributed by atoms with Crippen molar-refractivity contribution < 1.29 is 46.9 Å². The normalized spacial score (nSPS) is 11.4. The van der Waals surface area contributed by atoms with E-state index >= 15 is 0 Å². The molecule has 45 heavy (non-hydrogen) atoms. The number of hydrogen-bond donors (Lipinski definition) is 5. The van der Waals surface area contributed by atoms with Gasteiger partial charge in [0.25, 0.3) is 5.91 Å². The molecule has 3 rings (SSSR count). The van der Waals surface area contributed by atoms with Gasteiger partial charge in [0.15, 0.2) is 11.5 Å². The molecule has 0 heterocycles. The van der Waals surface area contributed by atoms with Gasteiger partial charge >= 0.3 is 12.1 Å². The Morgan fingerprint density at radius 2 is 1.62 bits per heavy atom. The van der Waals surface area contributed by atoms with Gasteiger partial charge in [-0.1, -0.05) is 18.2 Å². The second-order valence-electron chi connectivity index (χ2n) is 9.64. The van der Waals surface area contributed by atoms with Crippen molar-refractivity contribution in [2.75, 3.05) is 11.9 Å². The van der Waals surface area contributed by atoms with Crippen LogP contribution in [-0.2, 0) is 20.9 Å². The lowest BCUT2D eigenvalue weighted by Gasteiger charge is -2.22. The molecule has 1 atom stereocenters. The van der Waals surface area contributed by atoms with Gasteiger partial charge < -0.3 is 35.7 Å². The van der Waals surface area contributed by atoms with E-state index in [4.69, 9.17) is 35.3 Å². The molecule has 6 N–H and O–H groups in total. The molecule has 0 saturated carbocycles. The van der Waals surface area contributed by atoms with E-state index in [0.29, 0.717) is 40.7 Å². The monoisotopic (exact) mass is 632 g/mol. The first kappa shape index (κ1) is 35.9. The Hall–Kier alpha value is -5.27. The van der Waals surface area contributed by atoms with Crippen LogP contribution in [0.3, 0.4) is 0 Å². The van der Waals surface area contributed by atoms with Crippen LogP contribution >= 0.6 is 0 Å². The van der Waals surface area contributed by atoms with Gasteiger partial charge in [0.05, 0.1) is 12.7 Å². The minimum absolute atomic E-state index is 0.0524. The Morgan fingerprint density at radius 3 is 2.16 bits per heavy atom. The Labute approximate surface area is 258 Å². The number of carbonyl (C=O) groups is 3. The number of benzene rings is 3. The zero-order valence-electron chi connectivity index (χ0n) is 25.0. The number of hydrogen-bond acceptors (Lipinski definition) is 7. The fourth-order valence-electron chi connectivity index (χ4n) is 3.67. The predicted octanol–water partition coefficient (Wildman–Crippen LogP) is 5.18. The van der Waals surface area contributed by atoms with Gasteiger partial charge in [-0.3, -0.25) is 15.0 Å². The highest BCUT2D eigenvalue weighted by Crippen LogP contribution is 2.33. The van der Waals surface area contributed by atoms with Crippen molar-refractivity contribution in [3.05, 3.63) is 83.4 Å². The van der Waals surface area contributed by atoms with Crippen LogP contribution in [0.2, 0.25) is 0 Å². The van der Waals surface area contributed by atoms with Crippen LogP contribution < -0.4 is 30.6 Å². The molecule has 3 aromatic rings. The fraction of sp³-hybridized carbons (Fsp3) is 0.290. The summed E-state index contributed by atoms with van der Waals surface area (Å²) >= 11 is 0. The van der Waals surface area contributed by atoms with Crippen LogP contribution in [0, 0.1) is 5.41 Å². The van der Waals surface area contributed by atoms with Crippen LogP contribution in [-0.4, -0.2) is 47.6 Å². The van der Waals surface area contributed by atoms with E-state index in [1.54, 1.807) is 60.7 Å². The van der Waals surface area contributed by atoms with E-state index in [0.717, 1.165) is 5.56 Å². The summed E-state index contributed by atoms with van der Waals surface area (Å²) in [4.78, 5) is 33.7. The lowest BCUT2D eigenvalue weighted by molar-refractivity contribution is -0.192. The maximum atomic E-state index is 13.5. The number of anilines is 1. The minimum atomic E-state index is -5.08. The van der Waals surface area contributed by atoms with Crippen LogP contribution in [0.15, 0.2) is 66.7 Å². The second-order valence-corrected chi connectivity index (χ2v) is 9.64. The van der Waals surface area contributed by atoms with Gasteiger partial charge in [0, 0.05) is 30.3 Å². The SMILES string of the molecule is CCOc1cc(C(Oc2ccc(C(=N)N)cc2)C(=O)NCc2cccc(NC(C)=O)c2)ccc1OC(C)C.O=C(O)C(F)(F)F.